The number of hydrogen-bond donors (Lipinski definition) is 3. The third-order valence-electron chi connectivity index (χ3n) is 6.48. The molecule has 0 fully saturated rings. The highest BCUT2D eigenvalue weighted by Gasteiger charge is 2.18. The van der Waals surface area contributed by atoms with Crippen molar-refractivity contribution in [3.8, 4) is 0 Å². The maximum absolute atomic E-state index is 10.9. The van der Waals surface area contributed by atoms with Crippen molar-refractivity contribution in [1.82, 2.24) is 4.90 Å². The van der Waals surface area contributed by atoms with Crippen molar-refractivity contribution < 1.29 is 24.0 Å². The van der Waals surface area contributed by atoms with E-state index >= 15 is 0 Å². The van der Waals surface area contributed by atoms with Crippen LogP contribution in [0.1, 0.15) is 143 Å². The minimum absolute atomic E-state index is 0.201. The minimum atomic E-state index is -4.33. The molecular formula is C28H62NO5P. The van der Waals surface area contributed by atoms with E-state index in [-0.39, 0.29) is 6.61 Å². The van der Waals surface area contributed by atoms with Gasteiger partial charge in [-0.25, -0.2) is 4.57 Å². The molecule has 0 aliphatic carbocycles. The molecule has 0 aliphatic heterocycles. The molecule has 1 unspecified atom stereocenters. The van der Waals surface area contributed by atoms with E-state index in [0.717, 1.165) is 45.3 Å². The van der Waals surface area contributed by atoms with Crippen LogP contribution in [0.5, 0.6) is 0 Å². The molecule has 0 aromatic carbocycles. The Hall–Kier alpha value is 0.0300. The van der Waals surface area contributed by atoms with E-state index in [1.54, 1.807) is 0 Å². The highest BCUT2D eigenvalue weighted by atomic mass is 31.2. The van der Waals surface area contributed by atoms with Gasteiger partial charge in [0.05, 0.1) is 13.2 Å². The van der Waals surface area contributed by atoms with E-state index in [2.05, 4.69) is 32.6 Å². The summed E-state index contributed by atoms with van der Waals surface area (Å²) in [7, 11) is -4.33. The van der Waals surface area contributed by atoms with Gasteiger partial charge in [-0.2, -0.15) is 0 Å². The molecule has 0 bridgehead atoms. The van der Waals surface area contributed by atoms with Gasteiger partial charge in [0, 0.05) is 6.54 Å². The van der Waals surface area contributed by atoms with Gasteiger partial charge in [0.15, 0.2) is 0 Å². The maximum Gasteiger partial charge on any atom is 0.469 e. The van der Waals surface area contributed by atoms with Crippen molar-refractivity contribution in [3.63, 3.8) is 0 Å². The monoisotopic (exact) mass is 523 g/mol. The number of unbranched alkanes of at least 4 members (excludes halogenated alkanes) is 12. The van der Waals surface area contributed by atoms with Gasteiger partial charge in [0.1, 0.15) is 0 Å². The number of nitrogens with zero attached hydrogens (tertiary/aromatic N) is 1. The van der Waals surface area contributed by atoms with Crippen LogP contribution in [-0.4, -0.2) is 52.6 Å². The summed E-state index contributed by atoms with van der Waals surface area (Å²) in [4.78, 5) is 20.1. The third-order valence-corrected chi connectivity index (χ3v) is 6.97. The Morgan fingerprint density at radius 3 is 1.43 bits per heavy atom. The average Bonchev–Trinajstić information content (AvgIpc) is 2.83. The summed E-state index contributed by atoms with van der Waals surface area (Å²) in [5.41, 5.74) is 0. The lowest BCUT2D eigenvalue weighted by Gasteiger charge is -2.20. The van der Waals surface area contributed by atoms with Gasteiger partial charge in [-0.15, -0.1) is 0 Å². The highest BCUT2D eigenvalue weighted by molar-refractivity contribution is 7.46. The summed E-state index contributed by atoms with van der Waals surface area (Å²) in [5.74, 6) is 0.291. The molecule has 0 aromatic heterocycles. The minimum Gasteiger partial charge on any atom is -0.395 e. The summed E-state index contributed by atoms with van der Waals surface area (Å²) in [6.45, 7) is 12.5. The average molecular weight is 524 g/mol. The van der Waals surface area contributed by atoms with Gasteiger partial charge < -0.3 is 19.8 Å². The van der Waals surface area contributed by atoms with E-state index in [4.69, 9.17) is 19.4 Å². The standard InChI is InChI=1S/C18H39O4P.C10H23NO/c1-3-5-7-9-10-11-12-14-16-18(15-13-8-6-4-2)17-22-23(19,20)21;1-3-5-7-11(9-10-12)8-6-4-2/h18H,3-17H2,1-2H3,(H2,19,20,21);12H,3-10H2,1-2H3. The second kappa shape index (κ2) is 28.6. The van der Waals surface area contributed by atoms with E-state index in [9.17, 15) is 4.57 Å². The van der Waals surface area contributed by atoms with Crippen LogP contribution in [0.3, 0.4) is 0 Å². The normalized spacial score (nSPS) is 12.6. The SMILES string of the molecule is CCCCCCCCCCC(CCCCCC)COP(=O)(O)O.CCCCN(CCO)CCCC. The molecule has 0 radical (unpaired) electrons. The van der Waals surface area contributed by atoms with Crippen LogP contribution < -0.4 is 0 Å². The Balaban J connectivity index is 0. The van der Waals surface area contributed by atoms with E-state index in [1.807, 2.05) is 0 Å². The van der Waals surface area contributed by atoms with Crippen LogP contribution in [0.4, 0.5) is 0 Å². The first kappa shape index (κ1) is 37.2. The lowest BCUT2D eigenvalue weighted by Crippen LogP contribution is -2.28. The number of rotatable bonds is 25. The molecule has 0 aromatic rings. The van der Waals surface area contributed by atoms with Crippen molar-refractivity contribution >= 4 is 7.82 Å². The summed E-state index contributed by atoms with van der Waals surface area (Å²) >= 11 is 0. The van der Waals surface area contributed by atoms with Crippen LogP contribution in [-0.2, 0) is 9.09 Å². The predicted molar refractivity (Wildman–Crippen MR) is 151 cm³/mol. The van der Waals surface area contributed by atoms with Crippen LogP contribution in [0.15, 0.2) is 0 Å². The quantitative estimate of drug-likeness (QED) is 0.0827. The predicted octanol–water partition coefficient (Wildman–Crippen LogP) is 8.09. The smallest absolute Gasteiger partial charge is 0.395 e. The number of aliphatic hydroxyl groups is 1. The Kier molecular flexibility index (Phi) is 30.4. The van der Waals surface area contributed by atoms with Crippen molar-refractivity contribution in [1.29, 1.82) is 0 Å². The fourth-order valence-electron chi connectivity index (χ4n) is 4.18. The summed E-state index contributed by atoms with van der Waals surface area (Å²) in [5, 5.41) is 8.79. The Labute approximate surface area is 218 Å². The maximum atomic E-state index is 10.9. The van der Waals surface area contributed by atoms with Gasteiger partial charge in [-0.3, -0.25) is 4.52 Å². The molecule has 7 heteroatoms. The first-order valence-electron chi connectivity index (χ1n) is 14.9. The number of phosphoric acid groups is 1. The zero-order valence-electron chi connectivity index (χ0n) is 23.9. The fraction of sp³-hybridized carbons (Fsp3) is 1.00. The van der Waals surface area contributed by atoms with E-state index in [0.29, 0.717) is 12.5 Å². The molecule has 0 aliphatic rings. The third kappa shape index (κ3) is 32.0. The number of phosphoric ester groups is 1. The van der Waals surface area contributed by atoms with Gasteiger partial charge in [-0.1, -0.05) is 118 Å². The van der Waals surface area contributed by atoms with E-state index in [1.165, 1.54) is 89.9 Å². The largest absolute Gasteiger partial charge is 0.469 e. The first-order chi connectivity index (χ1) is 16.8. The second-order valence-electron chi connectivity index (χ2n) is 10.0. The summed E-state index contributed by atoms with van der Waals surface area (Å²) in [6, 6.07) is 0. The molecular weight excluding hydrogens is 461 g/mol. The van der Waals surface area contributed by atoms with Gasteiger partial charge in [-0.05, 0) is 44.7 Å². The molecule has 0 amide bonds. The Morgan fingerprint density at radius 1 is 0.629 bits per heavy atom. The van der Waals surface area contributed by atoms with Crippen LogP contribution >= 0.6 is 7.82 Å². The molecule has 0 spiro atoms. The molecule has 214 valence electrons. The molecule has 1 atom stereocenters. The van der Waals surface area contributed by atoms with Crippen LogP contribution in [0.2, 0.25) is 0 Å². The zero-order valence-corrected chi connectivity index (χ0v) is 24.8. The van der Waals surface area contributed by atoms with Crippen LogP contribution in [0.25, 0.3) is 0 Å². The molecule has 35 heavy (non-hydrogen) atoms. The Bertz CT molecular complexity index is 439. The molecule has 0 rings (SSSR count). The molecule has 0 saturated carbocycles. The van der Waals surface area contributed by atoms with Crippen molar-refractivity contribution in [3.05, 3.63) is 0 Å². The van der Waals surface area contributed by atoms with Crippen LogP contribution in [0, 0.1) is 5.92 Å². The lowest BCUT2D eigenvalue weighted by molar-refractivity contribution is 0.157. The number of aliphatic hydroxyl groups excluding tert-OH is 1. The molecule has 0 heterocycles. The molecule has 6 nitrogen and oxygen atoms in total. The second-order valence-corrected chi connectivity index (χ2v) is 11.3. The van der Waals surface area contributed by atoms with Gasteiger partial charge in [0.2, 0.25) is 0 Å². The zero-order chi connectivity index (χ0) is 26.6. The molecule has 0 saturated heterocycles. The van der Waals surface area contributed by atoms with Crippen molar-refractivity contribution in [2.24, 2.45) is 5.92 Å². The Morgan fingerprint density at radius 2 is 1.03 bits per heavy atom. The first-order valence-corrected chi connectivity index (χ1v) is 16.4. The van der Waals surface area contributed by atoms with Gasteiger partial charge >= 0.3 is 7.82 Å². The fourth-order valence-corrected chi connectivity index (χ4v) is 4.59. The van der Waals surface area contributed by atoms with Crippen molar-refractivity contribution in [2.75, 3.05) is 32.8 Å². The van der Waals surface area contributed by atoms with E-state index < -0.39 is 7.82 Å². The van der Waals surface area contributed by atoms with Crippen molar-refractivity contribution in [2.45, 2.75) is 143 Å². The topological polar surface area (TPSA) is 90.2 Å². The highest BCUT2D eigenvalue weighted by Crippen LogP contribution is 2.37. The summed E-state index contributed by atoms with van der Waals surface area (Å²) in [6.07, 6.45) is 22.2. The number of hydrogen-bond acceptors (Lipinski definition) is 4. The summed E-state index contributed by atoms with van der Waals surface area (Å²) < 4.78 is 15.6. The lowest BCUT2D eigenvalue weighted by atomic mass is 9.95. The molecule has 3 N–H and O–H groups in total. The van der Waals surface area contributed by atoms with Gasteiger partial charge in [0.25, 0.3) is 0 Å².